The lowest BCUT2D eigenvalue weighted by molar-refractivity contribution is -0.574. The number of esters is 1. The van der Waals surface area contributed by atoms with Gasteiger partial charge in [0.2, 0.25) is 0 Å². The van der Waals surface area contributed by atoms with Crippen molar-refractivity contribution in [1.29, 1.82) is 0 Å². The van der Waals surface area contributed by atoms with Gasteiger partial charge >= 0.3 is 18.3 Å². The van der Waals surface area contributed by atoms with Gasteiger partial charge in [0.25, 0.3) is 0 Å². The minimum atomic E-state index is -6.49. The van der Waals surface area contributed by atoms with Gasteiger partial charge in [-0.3, -0.25) is 4.79 Å². The first-order chi connectivity index (χ1) is 9.80. The van der Waals surface area contributed by atoms with E-state index in [0.717, 1.165) is 6.07 Å². The van der Waals surface area contributed by atoms with Gasteiger partial charge in [0.1, 0.15) is 6.61 Å². The number of halogens is 8. The Morgan fingerprint density at radius 1 is 1.00 bits per heavy atom. The summed E-state index contributed by atoms with van der Waals surface area (Å²) in [7, 11) is 0. The lowest BCUT2D eigenvalue weighted by atomic mass is 10.0. The maximum Gasteiger partial charge on any atom is 0.399 e. The molecule has 0 aliphatic heterocycles. The summed E-state index contributed by atoms with van der Waals surface area (Å²) in [5.41, 5.74) is -6.42. The smallest absolute Gasteiger partial charge is 0.399 e. The molecular weight excluding hydrogens is 332 g/mol. The van der Waals surface area contributed by atoms with Crippen molar-refractivity contribution in [3.63, 3.8) is 0 Å². The maximum atomic E-state index is 12.8. The van der Waals surface area contributed by atoms with Gasteiger partial charge in [-0.1, -0.05) is 6.07 Å². The van der Waals surface area contributed by atoms with Crippen LogP contribution in [0.3, 0.4) is 0 Å². The molecule has 0 unspecified atom stereocenters. The van der Waals surface area contributed by atoms with Crippen molar-refractivity contribution in [2.24, 2.45) is 0 Å². The summed E-state index contributed by atoms with van der Waals surface area (Å²) in [6.07, 6.45) is -13.0. The number of rotatable bonds is 3. The Morgan fingerprint density at radius 3 is 1.91 bits per heavy atom. The van der Waals surface area contributed by atoms with E-state index < -0.39 is 47.7 Å². The Balaban J connectivity index is 2.96. The summed E-state index contributed by atoms with van der Waals surface area (Å²) in [6.45, 7) is -1.27. The lowest BCUT2D eigenvalue weighted by Crippen LogP contribution is -2.71. The summed E-state index contributed by atoms with van der Waals surface area (Å²) >= 11 is 0. The third kappa shape index (κ3) is 3.29. The zero-order chi connectivity index (χ0) is 17.3. The predicted molar refractivity (Wildman–Crippen MR) is 51.0 cm³/mol. The summed E-state index contributed by atoms with van der Waals surface area (Å²) < 4.78 is 103. The van der Waals surface area contributed by atoms with Gasteiger partial charge in [-0.15, -0.1) is 0 Å². The van der Waals surface area contributed by atoms with E-state index >= 15 is 0 Å². The maximum absolute atomic E-state index is 12.8. The van der Waals surface area contributed by atoms with E-state index in [1.165, 1.54) is 0 Å². The fraction of sp³-hybridized carbons (Fsp3) is 0.364. The van der Waals surface area contributed by atoms with Gasteiger partial charge in [0.15, 0.2) is 17.2 Å². The van der Waals surface area contributed by atoms with Crippen LogP contribution in [0.15, 0.2) is 18.2 Å². The Hall–Kier alpha value is -1.91. The van der Waals surface area contributed by atoms with Crippen molar-refractivity contribution in [3.05, 3.63) is 35.4 Å². The summed E-state index contributed by atoms with van der Waals surface area (Å²) in [6, 6.07) is 1.64. The zero-order valence-corrected chi connectivity index (χ0v) is 10.2. The van der Waals surface area contributed by atoms with Crippen molar-refractivity contribution in [2.45, 2.75) is 24.6 Å². The number of alkyl halides is 6. The van der Waals surface area contributed by atoms with Crippen LogP contribution >= 0.6 is 0 Å². The van der Waals surface area contributed by atoms with Gasteiger partial charge in [0, 0.05) is 0 Å². The monoisotopic (exact) mass is 337 g/mol. The molecule has 11 heteroatoms. The number of hydrogen-bond donors (Lipinski definition) is 0. The van der Waals surface area contributed by atoms with Crippen molar-refractivity contribution in [2.75, 3.05) is 0 Å². The normalized spacial score (nSPS) is 13.1. The fourth-order valence-electron chi connectivity index (χ4n) is 1.27. The molecule has 0 fully saturated rings. The molecule has 1 aromatic carbocycles. The van der Waals surface area contributed by atoms with E-state index in [9.17, 15) is 45.0 Å². The Bertz CT molecular complexity index is 549. The van der Waals surface area contributed by atoms with E-state index in [2.05, 4.69) is 4.74 Å². The van der Waals surface area contributed by atoms with Crippen molar-refractivity contribution in [1.82, 2.24) is 0 Å². The molecule has 1 aromatic rings. The van der Waals surface area contributed by atoms with Gasteiger partial charge in [0.05, 0.1) is 0 Å². The first kappa shape index (κ1) is 18.1. The molecule has 0 bridgehead atoms. The van der Waals surface area contributed by atoms with E-state index in [-0.39, 0.29) is 0 Å². The largest absolute Gasteiger partial charge is 0.828 e. The predicted octanol–water partition coefficient (Wildman–Crippen LogP) is 2.23. The highest BCUT2D eigenvalue weighted by Gasteiger charge is 2.68. The Morgan fingerprint density at radius 2 is 1.50 bits per heavy atom. The molecule has 0 aliphatic carbocycles. The second-order valence-electron chi connectivity index (χ2n) is 4.00. The molecule has 0 radical (unpaired) electrons. The number of carbonyl (C=O) groups excluding carboxylic acids is 1. The Kier molecular flexibility index (Phi) is 4.70. The minimum Gasteiger partial charge on any atom is -0.828 e. The molecule has 124 valence electrons. The first-order valence-corrected chi connectivity index (χ1v) is 5.25. The fourth-order valence-corrected chi connectivity index (χ4v) is 1.27. The quantitative estimate of drug-likeness (QED) is 0.628. The van der Waals surface area contributed by atoms with E-state index in [4.69, 9.17) is 0 Å². The number of hydrogen-bond acceptors (Lipinski definition) is 3. The second kappa shape index (κ2) is 5.71. The number of carbonyl (C=O) groups is 1. The van der Waals surface area contributed by atoms with Gasteiger partial charge in [-0.25, -0.2) is 8.78 Å². The molecular formula is C11H5F8O3-. The first-order valence-electron chi connectivity index (χ1n) is 5.25. The molecule has 0 heterocycles. The standard InChI is InChI=1S/C11H5F8O3/c12-6-2-1-5(3-7(6)13)4-22-8(20)9(21,10(14,15)16)11(17,18)19/h1-3H,4H2/q-1. The van der Waals surface area contributed by atoms with Crippen LogP contribution in [0.2, 0.25) is 0 Å². The van der Waals surface area contributed by atoms with Crippen LogP contribution in [0.5, 0.6) is 0 Å². The molecule has 1 rings (SSSR count). The summed E-state index contributed by atoms with van der Waals surface area (Å²) in [5, 5.41) is 10.9. The molecule has 3 nitrogen and oxygen atoms in total. The van der Waals surface area contributed by atoms with Crippen LogP contribution in [-0.4, -0.2) is 23.9 Å². The van der Waals surface area contributed by atoms with Crippen molar-refractivity contribution < 1.29 is 49.8 Å². The molecule has 0 saturated carbocycles. The second-order valence-corrected chi connectivity index (χ2v) is 4.00. The van der Waals surface area contributed by atoms with Crippen LogP contribution in [-0.2, 0) is 16.1 Å². The van der Waals surface area contributed by atoms with E-state index in [1.54, 1.807) is 0 Å². The van der Waals surface area contributed by atoms with Crippen LogP contribution in [0.1, 0.15) is 5.56 Å². The van der Waals surface area contributed by atoms with E-state index in [1.807, 2.05) is 0 Å². The molecule has 22 heavy (non-hydrogen) atoms. The molecule has 0 N–H and O–H groups in total. The highest BCUT2D eigenvalue weighted by molar-refractivity contribution is 5.81. The third-order valence-electron chi connectivity index (χ3n) is 2.44. The highest BCUT2D eigenvalue weighted by atomic mass is 19.4. The molecule has 0 aromatic heterocycles. The third-order valence-corrected chi connectivity index (χ3v) is 2.44. The van der Waals surface area contributed by atoms with Gasteiger partial charge < -0.3 is 9.84 Å². The zero-order valence-electron chi connectivity index (χ0n) is 10.2. The van der Waals surface area contributed by atoms with Crippen LogP contribution in [0.4, 0.5) is 35.1 Å². The van der Waals surface area contributed by atoms with Crippen LogP contribution in [0.25, 0.3) is 0 Å². The topological polar surface area (TPSA) is 49.4 Å². The SMILES string of the molecule is O=C(OCc1ccc(F)c(F)c1)C([O-])(C(F)(F)F)C(F)(F)F. The van der Waals surface area contributed by atoms with Gasteiger partial charge in [-0.2, -0.15) is 26.3 Å². The summed E-state index contributed by atoms with van der Waals surface area (Å²) in [4.78, 5) is 10.9. The van der Waals surface area contributed by atoms with Crippen molar-refractivity contribution >= 4 is 5.97 Å². The average Bonchev–Trinajstić information content (AvgIpc) is 2.36. The molecule has 0 amide bonds. The minimum absolute atomic E-state index is 0.385. The molecule has 0 spiro atoms. The van der Waals surface area contributed by atoms with Crippen LogP contribution < -0.4 is 5.11 Å². The van der Waals surface area contributed by atoms with Crippen LogP contribution in [0, 0.1) is 11.6 Å². The number of ether oxygens (including phenoxy) is 1. The van der Waals surface area contributed by atoms with E-state index in [0.29, 0.717) is 12.1 Å². The number of benzene rings is 1. The lowest BCUT2D eigenvalue weighted by Gasteiger charge is -2.40. The van der Waals surface area contributed by atoms with Gasteiger partial charge in [-0.05, 0) is 17.7 Å². The Labute approximate surface area is 117 Å². The molecule has 0 atom stereocenters. The highest BCUT2D eigenvalue weighted by Crippen LogP contribution is 2.41. The molecule has 0 aliphatic rings. The molecule has 0 saturated heterocycles. The van der Waals surface area contributed by atoms with Crippen molar-refractivity contribution in [3.8, 4) is 0 Å². The average molecular weight is 337 g/mol. The summed E-state index contributed by atoms with van der Waals surface area (Å²) in [5.74, 6) is -5.94.